The van der Waals surface area contributed by atoms with Crippen LogP contribution in [0.25, 0.3) is 16.9 Å². The Morgan fingerprint density at radius 2 is 1.68 bits per heavy atom. The lowest BCUT2D eigenvalue weighted by Gasteiger charge is -2.13. The van der Waals surface area contributed by atoms with Gasteiger partial charge in [0.25, 0.3) is 17.3 Å². The molecule has 0 aliphatic heterocycles. The van der Waals surface area contributed by atoms with Gasteiger partial charge in [0.2, 0.25) is 0 Å². The van der Waals surface area contributed by atoms with Crippen molar-refractivity contribution in [2.75, 3.05) is 19.5 Å². The van der Waals surface area contributed by atoms with Crippen LogP contribution in [0.1, 0.15) is 21.7 Å². The predicted molar refractivity (Wildman–Crippen MR) is 146 cm³/mol. The van der Waals surface area contributed by atoms with Crippen LogP contribution in [-0.2, 0) is 0 Å². The Hall–Kier alpha value is -5.39. The molecule has 0 aliphatic carbocycles. The first-order valence-corrected chi connectivity index (χ1v) is 12.2. The van der Waals surface area contributed by atoms with Gasteiger partial charge in [-0.2, -0.15) is 0 Å². The molecule has 12 heteroatoms. The molecule has 1 amide bonds. The minimum Gasteiger partial charge on any atom is -0.491 e. The van der Waals surface area contributed by atoms with Gasteiger partial charge in [0.05, 0.1) is 25.4 Å². The van der Waals surface area contributed by atoms with E-state index in [4.69, 9.17) is 14.2 Å². The van der Waals surface area contributed by atoms with Gasteiger partial charge in [0.15, 0.2) is 23.1 Å². The summed E-state index contributed by atoms with van der Waals surface area (Å²) in [5, 5.41) is 2.53. The molecule has 1 aromatic carbocycles. The first-order chi connectivity index (χ1) is 19.7. The minimum atomic E-state index is -0.777. The highest BCUT2D eigenvalue weighted by Crippen LogP contribution is 2.35. The van der Waals surface area contributed by atoms with E-state index in [1.807, 2.05) is 0 Å². The van der Waals surface area contributed by atoms with Crippen molar-refractivity contribution < 1.29 is 27.8 Å². The smallest absolute Gasteiger partial charge is 0.269 e. The number of ether oxygens (including phenoxy) is 3. The number of nitrogens with one attached hydrogen (secondary N) is 1. The van der Waals surface area contributed by atoms with Crippen molar-refractivity contribution in [3.8, 4) is 28.9 Å². The second-order valence-electron chi connectivity index (χ2n) is 8.84. The maximum Gasteiger partial charge on any atom is 0.269 e. The number of nitrogens with zero attached hydrogens (tertiary/aromatic N) is 4. The number of carbonyl (C=O) groups is 1. The molecule has 0 atom stereocenters. The highest BCUT2D eigenvalue weighted by Gasteiger charge is 2.18. The second-order valence-corrected chi connectivity index (χ2v) is 8.84. The van der Waals surface area contributed by atoms with E-state index in [-0.39, 0.29) is 40.1 Å². The molecule has 4 aromatic heterocycles. The van der Waals surface area contributed by atoms with Crippen molar-refractivity contribution in [2.24, 2.45) is 0 Å². The highest BCUT2D eigenvalue weighted by molar-refractivity contribution is 6.04. The molecule has 0 aliphatic rings. The topological polar surface area (TPSA) is 117 Å². The zero-order chi connectivity index (χ0) is 29.3. The lowest BCUT2D eigenvalue weighted by molar-refractivity contribution is 0.102. The number of carbonyl (C=O) groups excluding carboxylic acids is 1. The van der Waals surface area contributed by atoms with Crippen molar-refractivity contribution in [3.63, 3.8) is 0 Å². The number of benzene rings is 1. The summed E-state index contributed by atoms with van der Waals surface area (Å²) < 4.78 is 46.3. The van der Waals surface area contributed by atoms with Gasteiger partial charge in [-0.15, -0.1) is 0 Å². The Kier molecular flexibility index (Phi) is 7.30. The molecule has 0 saturated carbocycles. The van der Waals surface area contributed by atoms with Gasteiger partial charge in [-0.25, -0.2) is 18.7 Å². The molecule has 5 rings (SSSR count). The lowest BCUT2D eigenvalue weighted by atomic mass is 10.2. The summed E-state index contributed by atoms with van der Waals surface area (Å²) in [6.07, 6.45) is 1.48. The zero-order valence-electron chi connectivity index (χ0n) is 22.4. The van der Waals surface area contributed by atoms with Crippen molar-refractivity contribution >= 4 is 22.6 Å². The van der Waals surface area contributed by atoms with Crippen LogP contribution in [0.5, 0.6) is 23.1 Å². The summed E-state index contributed by atoms with van der Waals surface area (Å²) in [7, 11) is 2.91. The van der Waals surface area contributed by atoms with E-state index < -0.39 is 23.1 Å². The number of rotatable bonds is 7. The Bertz CT molecular complexity index is 1880. The van der Waals surface area contributed by atoms with Crippen LogP contribution in [0, 0.1) is 25.5 Å². The number of fused-ring (bicyclic) bond motifs is 1. The zero-order valence-corrected chi connectivity index (χ0v) is 22.4. The Morgan fingerprint density at radius 3 is 2.39 bits per heavy atom. The summed E-state index contributed by atoms with van der Waals surface area (Å²) in [5.74, 6) is -1.23. The fraction of sp³-hybridized carbons (Fsp3) is 0.138. The number of pyridine rings is 4. The molecule has 5 aromatic rings. The number of halogens is 2. The minimum absolute atomic E-state index is 0.0891. The fourth-order valence-corrected chi connectivity index (χ4v) is 4.11. The van der Waals surface area contributed by atoms with Gasteiger partial charge in [0, 0.05) is 35.8 Å². The third-order valence-electron chi connectivity index (χ3n) is 6.19. The monoisotopic (exact) mass is 559 g/mol. The van der Waals surface area contributed by atoms with Crippen molar-refractivity contribution in [1.82, 2.24) is 19.5 Å². The van der Waals surface area contributed by atoms with Gasteiger partial charge in [-0.05, 0) is 50.2 Å². The molecular weight excluding hydrogens is 536 g/mol. The molecule has 0 unspecified atom stereocenters. The molecule has 0 radical (unpaired) electrons. The molecular formula is C29H23F2N5O5. The van der Waals surface area contributed by atoms with Crippen LogP contribution < -0.4 is 25.1 Å². The van der Waals surface area contributed by atoms with E-state index in [1.54, 1.807) is 19.1 Å². The average molecular weight is 560 g/mol. The fourth-order valence-electron chi connectivity index (χ4n) is 4.11. The molecule has 4 heterocycles. The summed E-state index contributed by atoms with van der Waals surface area (Å²) in [6.45, 7) is 3.13. The molecule has 0 fully saturated rings. The molecule has 41 heavy (non-hydrogen) atoms. The Morgan fingerprint density at radius 1 is 0.878 bits per heavy atom. The molecule has 1 N–H and O–H groups in total. The largest absolute Gasteiger partial charge is 0.491 e. The van der Waals surface area contributed by atoms with Gasteiger partial charge in [0.1, 0.15) is 22.7 Å². The van der Waals surface area contributed by atoms with Crippen LogP contribution in [0.15, 0.2) is 65.6 Å². The molecule has 10 nitrogen and oxygen atoms in total. The van der Waals surface area contributed by atoms with Gasteiger partial charge < -0.3 is 19.5 Å². The number of anilines is 1. The maximum atomic E-state index is 15.1. The quantitative estimate of drug-likeness (QED) is 0.292. The third kappa shape index (κ3) is 5.26. The first-order valence-electron chi connectivity index (χ1n) is 12.2. The van der Waals surface area contributed by atoms with Crippen LogP contribution in [-0.4, -0.2) is 39.6 Å². The van der Waals surface area contributed by atoms with Crippen LogP contribution in [0.4, 0.5) is 14.5 Å². The second kappa shape index (κ2) is 11.0. The van der Waals surface area contributed by atoms with Crippen LogP contribution >= 0.6 is 0 Å². The van der Waals surface area contributed by atoms with Crippen LogP contribution in [0.3, 0.4) is 0 Å². The van der Waals surface area contributed by atoms with E-state index in [9.17, 15) is 14.0 Å². The first kappa shape index (κ1) is 27.2. The average Bonchev–Trinajstić information content (AvgIpc) is 2.95. The van der Waals surface area contributed by atoms with E-state index in [0.717, 1.165) is 6.07 Å². The van der Waals surface area contributed by atoms with Crippen molar-refractivity contribution in [3.05, 3.63) is 99.7 Å². The summed E-state index contributed by atoms with van der Waals surface area (Å²) in [4.78, 5) is 38.9. The lowest BCUT2D eigenvalue weighted by Crippen LogP contribution is -2.30. The number of aromatic nitrogens is 4. The van der Waals surface area contributed by atoms with Gasteiger partial charge in [-0.1, -0.05) is 0 Å². The number of methoxy groups -OCH3 is 2. The maximum absolute atomic E-state index is 15.1. The number of hydrogen-bond acceptors (Lipinski definition) is 8. The van der Waals surface area contributed by atoms with Gasteiger partial charge in [-0.3, -0.25) is 19.1 Å². The van der Waals surface area contributed by atoms with E-state index >= 15 is 4.39 Å². The Balaban J connectivity index is 1.40. The number of hydrogen-bond donors (Lipinski definition) is 1. The summed E-state index contributed by atoms with van der Waals surface area (Å²) in [6, 6.07) is 12.4. The predicted octanol–water partition coefficient (Wildman–Crippen LogP) is 5.13. The third-order valence-corrected chi connectivity index (χ3v) is 6.19. The van der Waals surface area contributed by atoms with E-state index in [2.05, 4.69) is 20.3 Å². The SMILES string of the molecule is COc1cc2nccc(Oc3ccc(NC(=O)c4ccc(C)n(-c5ccc(F)c(C)n5)c4=O)cc3F)c2nc1OC. The van der Waals surface area contributed by atoms with Crippen LogP contribution in [0.2, 0.25) is 0 Å². The standard InChI is InChI=1S/C29H23F2N5O5/c1-15-5-7-18(29(38)36(15)25-10-8-19(30)16(2)33-25)27(37)34-17-6-9-22(20(31)13-17)41-23-11-12-32-21-14-24(39-3)28(40-4)35-26(21)23/h5-14H,1-4H3,(H,34,37). The number of aryl methyl sites for hydroxylation is 2. The normalized spacial score (nSPS) is 10.9. The van der Waals surface area contributed by atoms with Gasteiger partial charge >= 0.3 is 0 Å². The van der Waals surface area contributed by atoms with Crippen molar-refractivity contribution in [2.45, 2.75) is 13.8 Å². The number of amides is 1. The van der Waals surface area contributed by atoms with Crippen molar-refractivity contribution in [1.29, 1.82) is 0 Å². The highest BCUT2D eigenvalue weighted by atomic mass is 19.1. The Labute approximate surface area is 232 Å². The molecule has 0 saturated heterocycles. The van der Waals surface area contributed by atoms with E-state index in [0.29, 0.717) is 22.5 Å². The summed E-state index contributed by atoms with van der Waals surface area (Å²) >= 11 is 0. The van der Waals surface area contributed by atoms with E-state index in [1.165, 1.54) is 68.3 Å². The molecule has 0 spiro atoms. The molecule has 208 valence electrons. The molecule has 0 bridgehead atoms. The summed E-state index contributed by atoms with van der Waals surface area (Å²) in [5.41, 5.74) is 0.584.